The van der Waals surface area contributed by atoms with Crippen LogP contribution in [0.1, 0.15) is 5.56 Å². The van der Waals surface area contributed by atoms with Crippen LogP contribution in [0.2, 0.25) is 0 Å². The van der Waals surface area contributed by atoms with Gasteiger partial charge in [0.25, 0.3) is 0 Å². The molecule has 0 aliphatic heterocycles. The molecule has 0 saturated heterocycles. The van der Waals surface area contributed by atoms with E-state index in [0.29, 0.717) is 0 Å². The molecule has 0 saturated carbocycles. The molecule has 9 heteroatoms. The average Bonchev–Trinajstić information content (AvgIpc) is 3.40. The Morgan fingerprint density at radius 3 is 2.82 bits per heavy atom. The lowest BCUT2D eigenvalue weighted by molar-refractivity contribution is 0.412. The lowest BCUT2D eigenvalue weighted by Gasteiger charge is -2.11. The Labute approximate surface area is 191 Å². The van der Waals surface area contributed by atoms with Crippen LogP contribution in [0.5, 0.6) is 5.75 Å². The summed E-state index contributed by atoms with van der Waals surface area (Å²) in [5.74, 6) is 1.54. The SMILES string of the molecule is COc1ccc(C)cc1-n1nc(NCCN(C)C)c2cnc(-c3cnn4cccnc34)cc21. The highest BCUT2D eigenvalue weighted by molar-refractivity contribution is 5.94. The molecule has 1 N–H and O–H groups in total. The largest absolute Gasteiger partial charge is 0.494 e. The molecule has 0 bridgehead atoms. The zero-order valence-electron chi connectivity index (χ0n) is 19.1. The Morgan fingerprint density at radius 2 is 2.00 bits per heavy atom. The maximum atomic E-state index is 5.66. The summed E-state index contributed by atoms with van der Waals surface area (Å²) in [6.45, 7) is 3.72. The van der Waals surface area contributed by atoms with E-state index in [0.717, 1.165) is 63.7 Å². The van der Waals surface area contributed by atoms with Crippen LogP contribution >= 0.6 is 0 Å². The van der Waals surface area contributed by atoms with Gasteiger partial charge in [-0.2, -0.15) is 5.10 Å². The van der Waals surface area contributed by atoms with Crippen molar-refractivity contribution >= 4 is 22.4 Å². The molecule has 5 aromatic rings. The van der Waals surface area contributed by atoms with Gasteiger partial charge in [-0.05, 0) is 50.8 Å². The van der Waals surface area contributed by atoms with E-state index in [9.17, 15) is 0 Å². The van der Waals surface area contributed by atoms with Crippen molar-refractivity contribution in [3.63, 3.8) is 0 Å². The van der Waals surface area contributed by atoms with Crippen molar-refractivity contribution in [2.24, 2.45) is 0 Å². The van der Waals surface area contributed by atoms with E-state index in [2.05, 4.69) is 33.3 Å². The molecule has 168 valence electrons. The van der Waals surface area contributed by atoms with Crippen LogP contribution in [0.15, 0.2) is 55.1 Å². The van der Waals surface area contributed by atoms with Gasteiger partial charge in [0, 0.05) is 31.7 Å². The van der Waals surface area contributed by atoms with Gasteiger partial charge in [-0.3, -0.25) is 4.98 Å². The summed E-state index contributed by atoms with van der Waals surface area (Å²) in [5, 5.41) is 13.7. The van der Waals surface area contributed by atoms with Crippen molar-refractivity contribution in [1.82, 2.24) is 34.3 Å². The van der Waals surface area contributed by atoms with Crippen molar-refractivity contribution < 1.29 is 4.74 Å². The highest BCUT2D eigenvalue weighted by atomic mass is 16.5. The van der Waals surface area contributed by atoms with Gasteiger partial charge < -0.3 is 15.0 Å². The fourth-order valence-corrected chi connectivity index (χ4v) is 3.84. The number of aromatic nitrogens is 6. The second kappa shape index (κ2) is 8.51. The monoisotopic (exact) mass is 442 g/mol. The Morgan fingerprint density at radius 1 is 1.12 bits per heavy atom. The van der Waals surface area contributed by atoms with Crippen LogP contribution in [0, 0.1) is 6.92 Å². The van der Waals surface area contributed by atoms with Gasteiger partial charge in [0.15, 0.2) is 11.5 Å². The Bertz CT molecular complexity index is 1440. The molecule has 4 heterocycles. The second-order valence-corrected chi connectivity index (χ2v) is 8.20. The first kappa shape index (κ1) is 20.9. The fourth-order valence-electron chi connectivity index (χ4n) is 3.84. The van der Waals surface area contributed by atoms with Crippen molar-refractivity contribution in [3.8, 4) is 22.7 Å². The minimum atomic E-state index is 0.751. The molecule has 1 aromatic carbocycles. The summed E-state index contributed by atoms with van der Waals surface area (Å²) < 4.78 is 9.33. The van der Waals surface area contributed by atoms with E-state index in [1.165, 1.54) is 0 Å². The van der Waals surface area contributed by atoms with E-state index >= 15 is 0 Å². The van der Waals surface area contributed by atoms with Crippen molar-refractivity contribution in [2.45, 2.75) is 6.92 Å². The minimum Gasteiger partial charge on any atom is -0.494 e. The van der Waals surface area contributed by atoms with E-state index in [-0.39, 0.29) is 0 Å². The topological polar surface area (TPSA) is 85.4 Å². The van der Waals surface area contributed by atoms with Crippen molar-refractivity contribution in [2.75, 3.05) is 39.6 Å². The lowest BCUT2D eigenvalue weighted by atomic mass is 10.1. The molecule has 0 radical (unpaired) electrons. The number of aryl methyl sites for hydroxylation is 1. The third-order valence-corrected chi connectivity index (χ3v) is 5.53. The molecule has 4 aromatic heterocycles. The van der Waals surface area contributed by atoms with Gasteiger partial charge in [0.2, 0.25) is 0 Å². The lowest BCUT2D eigenvalue weighted by Crippen LogP contribution is -2.21. The molecule has 0 atom stereocenters. The summed E-state index contributed by atoms with van der Waals surface area (Å²) >= 11 is 0. The van der Waals surface area contributed by atoms with Gasteiger partial charge in [0.05, 0.1) is 35.5 Å². The Kier molecular flexibility index (Phi) is 5.39. The summed E-state index contributed by atoms with van der Waals surface area (Å²) in [5.41, 5.74) is 5.32. The van der Waals surface area contributed by atoms with E-state index in [1.807, 2.05) is 55.4 Å². The molecule has 0 aliphatic rings. The normalized spacial score (nSPS) is 11.5. The van der Waals surface area contributed by atoms with Crippen LogP contribution in [0.4, 0.5) is 5.82 Å². The highest BCUT2D eigenvalue weighted by Crippen LogP contribution is 2.33. The smallest absolute Gasteiger partial charge is 0.164 e. The molecule has 0 fully saturated rings. The number of fused-ring (bicyclic) bond motifs is 2. The molecule has 33 heavy (non-hydrogen) atoms. The Hall–Kier alpha value is -3.98. The standard InChI is InChI=1S/C24H26N8O/c1-16-6-7-22(33-4)21(12-16)32-20-13-19(17-15-28-31-10-5-8-26-24(17)31)27-14-18(20)23(29-32)25-9-11-30(2)3/h5-8,10,12-15H,9,11H2,1-4H3,(H,25,29). The van der Waals surface area contributed by atoms with E-state index < -0.39 is 0 Å². The predicted molar refractivity (Wildman–Crippen MR) is 129 cm³/mol. The number of likely N-dealkylation sites (N-methyl/N-ethyl adjacent to an activating group) is 1. The Balaban J connectivity index is 1.69. The second-order valence-electron chi connectivity index (χ2n) is 8.20. The van der Waals surface area contributed by atoms with Crippen molar-refractivity contribution in [3.05, 3.63) is 60.7 Å². The third kappa shape index (κ3) is 3.87. The number of methoxy groups -OCH3 is 1. The number of hydrogen-bond donors (Lipinski definition) is 1. The quantitative estimate of drug-likeness (QED) is 0.413. The van der Waals surface area contributed by atoms with Gasteiger partial charge in [0.1, 0.15) is 11.4 Å². The predicted octanol–water partition coefficient (Wildman–Crippen LogP) is 3.42. The molecule has 0 aliphatic carbocycles. The first-order chi connectivity index (χ1) is 16.0. The fraction of sp³-hybridized carbons (Fsp3) is 0.250. The third-order valence-electron chi connectivity index (χ3n) is 5.53. The first-order valence-electron chi connectivity index (χ1n) is 10.8. The molecular weight excluding hydrogens is 416 g/mol. The molecular formula is C24H26N8O. The zero-order valence-corrected chi connectivity index (χ0v) is 19.1. The van der Waals surface area contributed by atoms with E-state index in [1.54, 1.807) is 24.0 Å². The van der Waals surface area contributed by atoms with Crippen LogP contribution in [0.25, 0.3) is 33.5 Å². The number of hydrogen-bond acceptors (Lipinski definition) is 7. The number of ether oxygens (including phenoxy) is 1. The summed E-state index contributed by atoms with van der Waals surface area (Å²) in [7, 11) is 5.77. The van der Waals surface area contributed by atoms with E-state index in [4.69, 9.17) is 14.8 Å². The number of benzene rings is 1. The summed E-state index contributed by atoms with van der Waals surface area (Å²) in [4.78, 5) is 11.4. The summed E-state index contributed by atoms with van der Waals surface area (Å²) in [6.07, 6.45) is 7.29. The number of nitrogens with zero attached hydrogens (tertiary/aromatic N) is 7. The van der Waals surface area contributed by atoms with Gasteiger partial charge in [-0.1, -0.05) is 6.07 Å². The average molecular weight is 443 g/mol. The number of anilines is 1. The van der Waals surface area contributed by atoms with Gasteiger partial charge in [-0.15, -0.1) is 5.10 Å². The zero-order chi connectivity index (χ0) is 22.9. The molecule has 0 spiro atoms. The van der Waals surface area contributed by atoms with Gasteiger partial charge >= 0.3 is 0 Å². The number of pyridine rings is 1. The van der Waals surface area contributed by atoms with Crippen LogP contribution in [-0.4, -0.2) is 68.6 Å². The number of rotatable bonds is 7. The van der Waals surface area contributed by atoms with Crippen LogP contribution < -0.4 is 10.1 Å². The summed E-state index contributed by atoms with van der Waals surface area (Å²) in [6, 6.07) is 9.96. The maximum Gasteiger partial charge on any atom is 0.164 e. The first-order valence-corrected chi connectivity index (χ1v) is 10.8. The van der Waals surface area contributed by atoms with Gasteiger partial charge in [-0.25, -0.2) is 14.2 Å². The van der Waals surface area contributed by atoms with Crippen LogP contribution in [0.3, 0.4) is 0 Å². The molecule has 0 unspecified atom stereocenters. The van der Waals surface area contributed by atoms with Crippen LogP contribution in [-0.2, 0) is 0 Å². The molecule has 9 nitrogen and oxygen atoms in total. The minimum absolute atomic E-state index is 0.751. The van der Waals surface area contributed by atoms with Crippen molar-refractivity contribution in [1.29, 1.82) is 0 Å². The highest BCUT2D eigenvalue weighted by Gasteiger charge is 2.18. The molecule has 5 rings (SSSR count). The number of nitrogens with one attached hydrogen (secondary N) is 1. The maximum absolute atomic E-state index is 5.66. The molecule has 0 amide bonds.